The van der Waals surface area contributed by atoms with Gasteiger partial charge in [0.1, 0.15) is 0 Å². The molecule has 0 saturated carbocycles. The van der Waals surface area contributed by atoms with Gasteiger partial charge in [0, 0.05) is 0 Å². The molecule has 1 aliphatic rings. The Balaban J connectivity index is 1.98. The molecule has 1 N–H and O–H groups in total. The zero-order chi connectivity index (χ0) is 13.7. The van der Waals surface area contributed by atoms with Crippen LogP contribution in [-0.2, 0) is 11.3 Å². The number of thioether (sulfide) groups is 1. The minimum absolute atomic E-state index is 0.0529. The van der Waals surface area contributed by atoms with Crippen molar-refractivity contribution in [3.05, 3.63) is 11.7 Å². The van der Waals surface area contributed by atoms with Crippen molar-refractivity contribution in [3.63, 3.8) is 0 Å². The van der Waals surface area contributed by atoms with Crippen LogP contribution in [0.1, 0.15) is 58.2 Å². The standard InChI is InChI=1S/C14H25N3OS/c1-4-6-14(7-5-8-15-14)13-16-12(17-18-13)10-19-9-11(2)3/h11,15H,4-10H2,1-3H3. The first-order chi connectivity index (χ1) is 9.16. The van der Waals surface area contributed by atoms with Gasteiger partial charge < -0.3 is 9.84 Å². The highest BCUT2D eigenvalue weighted by Crippen LogP contribution is 2.34. The van der Waals surface area contributed by atoms with Crippen molar-refractivity contribution in [1.82, 2.24) is 15.5 Å². The molecule has 1 unspecified atom stereocenters. The van der Waals surface area contributed by atoms with Crippen LogP contribution in [0.2, 0.25) is 0 Å². The van der Waals surface area contributed by atoms with Crippen LogP contribution in [0.15, 0.2) is 4.52 Å². The molecular formula is C14H25N3OS. The van der Waals surface area contributed by atoms with E-state index < -0.39 is 0 Å². The number of rotatable bonds is 7. The van der Waals surface area contributed by atoms with Gasteiger partial charge in [0.25, 0.3) is 0 Å². The van der Waals surface area contributed by atoms with Gasteiger partial charge in [-0.1, -0.05) is 32.3 Å². The average molecular weight is 283 g/mol. The van der Waals surface area contributed by atoms with Crippen molar-refractivity contribution in [3.8, 4) is 0 Å². The molecule has 108 valence electrons. The molecule has 19 heavy (non-hydrogen) atoms. The molecule has 1 aliphatic heterocycles. The summed E-state index contributed by atoms with van der Waals surface area (Å²) in [7, 11) is 0. The number of nitrogens with zero attached hydrogens (tertiary/aromatic N) is 2. The number of hydrogen-bond donors (Lipinski definition) is 1. The van der Waals surface area contributed by atoms with Crippen molar-refractivity contribution in [1.29, 1.82) is 0 Å². The van der Waals surface area contributed by atoms with Gasteiger partial charge in [-0.15, -0.1) is 0 Å². The highest BCUT2D eigenvalue weighted by Gasteiger charge is 2.39. The van der Waals surface area contributed by atoms with Crippen LogP contribution >= 0.6 is 11.8 Å². The van der Waals surface area contributed by atoms with Crippen molar-refractivity contribution < 1.29 is 4.52 Å². The van der Waals surface area contributed by atoms with Crippen LogP contribution < -0.4 is 5.32 Å². The monoisotopic (exact) mass is 283 g/mol. The maximum absolute atomic E-state index is 5.53. The third-order valence-corrected chi connectivity index (χ3v) is 4.85. The molecule has 0 radical (unpaired) electrons. The molecule has 5 heteroatoms. The molecule has 4 nitrogen and oxygen atoms in total. The lowest BCUT2D eigenvalue weighted by Crippen LogP contribution is -2.37. The van der Waals surface area contributed by atoms with Gasteiger partial charge in [-0.3, -0.25) is 0 Å². The van der Waals surface area contributed by atoms with E-state index >= 15 is 0 Å². The van der Waals surface area contributed by atoms with E-state index in [0.717, 1.165) is 49.0 Å². The van der Waals surface area contributed by atoms with E-state index in [1.165, 1.54) is 6.42 Å². The SMILES string of the molecule is CCCC1(c2nc(CSCC(C)C)no2)CCCN1. The fourth-order valence-corrected chi connectivity index (χ4v) is 3.52. The lowest BCUT2D eigenvalue weighted by molar-refractivity contribution is 0.240. The average Bonchev–Trinajstić information content (AvgIpc) is 2.98. The summed E-state index contributed by atoms with van der Waals surface area (Å²) in [6.45, 7) is 7.72. The van der Waals surface area contributed by atoms with Crippen molar-refractivity contribution in [2.45, 2.75) is 57.7 Å². The molecule has 2 heterocycles. The van der Waals surface area contributed by atoms with E-state index in [0.29, 0.717) is 5.92 Å². The minimum atomic E-state index is -0.0529. The zero-order valence-electron chi connectivity index (χ0n) is 12.2. The summed E-state index contributed by atoms with van der Waals surface area (Å²) in [5.74, 6) is 4.34. The summed E-state index contributed by atoms with van der Waals surface area (Å²) in [6, 6.07) is 0. The van der Waals surface area contributed by atoms with Crippen LogP contribution in [0.3, 0.4) is 0 Å². The first-order valence-electron chi connectivity index (χ1n) is 7.32. The Morgan fingerprint density at radius 2 is 2.32 bits per heavy atom. The Morgan fingerprint density at radius 3 is 2.95 bits per heavy atom. The first-order valence-corrected chi connectivity index (χ1v) is 8.47. The topological polar surface area (TPSA) is 51.0 Å². The highest BCUT2D eigenvalue weighted by atomic mass is 32.2. The van der Waals surface area contributed by atoms with E-state index in [1.807, 2.05) is 11.8 Å². The summed E-state index contributed by atoms with van der Waals surface area (Å²) in [5.41, 5.74) is -0.0529. The van der Waals surface area contributed by atoms with Crippen molar-refractivity contribution in [2.24, 2.45) is 5.92 Å². The fraction of sp³-hybridized carbons (Fsp3) is 0.857. The van der Waals surface area contributed by atoms with E-state index in [4.69, 9.17) is 4.52 Å². The second-order valence-electron chi connectivity index (χ2n) is 5.79. The maximum atomic E-state index is 5.53. The molecule has 0 bridgehead atoms. The van der Waals surface area contributed by atoms with Crippen LogP contribution in [0, 0.1) is 5.92 Å². The van der Waals surface area contributed by atoms with E-state index in [-0.39, 0.29) is 5.54 Å². The smallest absolute Gasteiger partial charge is 0.246 e. The maximum Gasteiger partial charge on any atom is 0.246 e. The predicted octanol–water partition coefficient (Wildman–Crippen LogP) is 3.34. The largest absolute Gasteiger partial charge is 0.337 e. The van der Waals surface area contributed by atoms with E-state index in [1.54, 1.807) is 0 Å². The third kappa shape index (κ3) is 3.72. The Kier molecular flexibility index (Phi) is 5.28. The fourth-order valence-electron chi connectivity index (χ4n) is 2.63. The molecule has 0 amide bonds. The van der Waals surface area contributed by atoms with Crippen molar-refractivity contribution >= 4 is 11.8 Å². The Bertz CT molecular complexity index is 386. The Hall–Kier alpha value is -0.550. The zero-order valence-corrected chi connectivity index (χ0v) is 13.1. The number of nitrogens with one attached hydrogen (secondary N) is 1. The van der Waals surface area contributed by atoms with Crippen LogP contribution in [0.5, 0.6) is 0 Å². The van der Waals surface area contributed by atoms with E-state index in [2.05, 4.69) is 36.2 Å². The van der Waals surface area contributed by atoms with Gasteiger partial charge in [0.2, 0.25) is 5.89 Å². The van der Waals surface area contributed by atoms with Gasteiger partial charge in [-0.2, -0.15) is 16.7 Å². The molecule has 1 aromatic rings. The second-order valence-corrected chi connectivity index (χ2v) is 6.82. The molecule has 2 rings (SSSR count). The number of aromatic nitrogens is 2. The van der Waals surface area contributed by atoms with Crippen LogP contribution in [-0.4, -0.2) is 22.4 Å². The Morgan fingerprint density at radius 1 is 1.47 bits per heavy atom. The van der Waals surface area contributed by atoms with Crippen LogP contribution in [0.25, 0.3) is 0 Å². The molecular weight excluding hydrogens is 258 g/mol. The summed E-state index contributed by atoms with van der Waals surface area (Å²) in [4.78, 5) is 4.62. The highest BCUT2D eigenvalue weighted by molar-refractivity contribution is 7.98. The molecule has 1 saturated heterocycles. The molecule has 1 atom stereocenters. The summed E-state index contributed by atoms with van der Waals surface area (Å²) < 4.78 is 5.53. The summed E-state index contributed by atoms with van der Waals surface area (Å²) in [5, 5.41) is 7.71. The first kappa shape index (κ1) is 14.9. The Labute approximate surface area is 120 Å². The molecule has 0 aromatic carbocycles. The lowest BCUT2D eigenvalue weighted by atomic mass is 9.92. The van der Waals surface area contributed by atoms with Gasteiger partial charge >= 0.3 is 0 Å². The molecule has 1 fully saturated rings. The normalized spacial score (nSPS) is 23.4. The molecule has 1 aromatic heterocycles. The second kappa shape index (κ2) is 6.75. The minimum Gasteiger partial charge on any atom is -0.337 e. The van der Waals surface area contributed by atoms with Gasteiger partial charge in [-0.25, -0.2) is 0 Å². The molecule has 0 aliphatic carbocycles. The lowest BCUT2D eigenvalue weighted by Gasteiger charge is -2.24. The van der Waals surface area contributed by atoms with E-state index in [9.17, 15) is 0 Å². The van der Waals surface area contributed by atoms with Crippen LogP contribution in [0.4, 0.5) is 0 Å². The molecule has 0 spiro atoms. The van der Waals surface area contributed by atoms with Gasteiger partial charge in [0.05, 0.1) is 11.3 Å². The summed E-state index contributed by atoms with van der Waals surface area (Å²) in [6.07, 6.45) is 4.52. The summed E-state index contributed by atoms with van der Waals surface area (Å²) >= 11 is 1.88. The third-order valence-electron chi connectivity index (χ3n) is 3.48. The number of hydrogen-bond acceptors (Lipinski definition) is 5. The van der Waals surface area contributed by atoms with Gasteiger partial charge in [0.15, 0.2) is 5.82 Å². The van der Waals surface area contributed by atoms with Gasteiger partial charge in [-0.05, 0) is 37.5 Å². The predicted molar refractivity (Wildman–Crippen MR) is 79.1 cm³/mol. The quantitative estimate of drug-likeness (QED) is 0.831. The van der Waals surface area contributed by atoms with Crippen molar-refractivity contribution in [2.75, 3.05) is 12.3 Å².